The van der Waals surface area contributed by atoms with E-state index in [2.05, 4.69) is 96.6 Å². The number of nitrogens with zero attached hydrogens (tertiary/aromatic N) is 2. The predicted molar refractivity (Wildman–Crippen MR) is 157 cm³/mol. The van der Waals surface area contributed by atoms with Gasteiger partial charge in [0.25, 0.3) is 0 Å². The molecular weight excluding hydrogens is 456 g/mol. The van der Waals surface area contributed by atoms with Crippen LogP contribution in [0.25, 0.3) is 0 Å². The number of carbonyl (C=O) groups excluding carboxylic acids is 1. The first kappa shape index (κ1) is 28.5. The minimum atomic E-state index is 0.342. The molecule has 1 aliphatic carbocycles. The Bertz CT molecular complexity index is 1090. The van der Waals surface area contributed by atoms with Gasteiger partial charge in [-0.2, -0.15) is 0 Å². The third-order valence-electron chi connectivity index (χ3n) is 7.40. The van der Waals surface area contributed by atoms with Gasteiger partial charge in [0, 0.05) is 23.8 Å². The molecule has 37 heavy (non-hydrogen) atoms. The van der Waals surface area contributed by atoms with E-state index in [1.807, 2.05) is 20.6 Å². The second-order valence-electron chi connectivity index (χ2n) is 9.57. The molecule has 198 valence electrons. The Labute approximate surface area is 224 Å². The fraction of sp³-hybridized carbons (Fsp3) is 0.424. The average Bonchev–Trinajstić information content (AvgIpc) is 3.22. The lowest BCUT2D eigenvalue weighted by atomic mass is 9.86. The Hall–Kier alpha value is -3.11. The van der Waals surface area contributed by atoms with Crippen molar-refractivity contribution in [2.45, 2.75) is 65.0 Å². The maximum absolute atomic E-state index is 8.00. The summed E-state index contributed by atoms with van der Waals surface area (Å²) in [5.74, 6) is 1.03. The Balaban J connectivity index is 0.000000907. The number of para-hydroxylation sites is 2. The van der Waals surface area contributed by atoms with Crippen LogP contribution >= 0.6 is 0 Å². The lowest BCUT2D eigenvalue weighted by Gasteiger charge is -2.43. The summed E-state index contributed by atoms with van der Waals surface area (Å²) in [7, 11) is 2.31. The smallest absolute Gasteiger partial charge is 0.125 e. The minimum Gasteiger partial charge on any atom is -0.489 e. The normalized spacial score (nSPS) is 19.2. The maximum Gasteiger partial charge on any atom is 0.125 e. The lowest BCUT2D eigenvalue weighted by Crippen LogP contribution is -2.38. The summed E-state index contributed by atoms with van der Waals surface area (Å²) in [6.07, 6.45) is 16.4. The van der Waals surface area contributed by atoms with E-state index < -0.39 is 0 Å². The molecule has 4 heteroatoms. The summed E-state index contributed by atoms with van der Waals surface area (Å²) < 4.78 is 6.47. The SMILES string of the molecule is C=O.CC.CCCCN(C)C1CC(c2ccccc2OCC2=CC=CC=CC2)N2CCc3cccc1c32. The molecule has 0 N–H and O–H groups in total. The standard InChI is InChI=1S/C30H36N2O.C2H6.CH2O/c1-3-4-19-31(2)27-21-28(32-20-18-24-14-11-16-26(27)30(24)32)25-15-9-10-17-29(25)33-22-23-12-7-5-6-8-13-23;2*1-2/h5-12,14-17,27-28H,3-4,13,18-22H2,1-2H3;1-2H3;1H2. The zero-order valence-corrected chi connectivity index (χ0v) is 23.2. The molecule has 0 spiro atoms. The molecule has 2 aromatic carbocycles. The van der Waals surface area contributed by atoms with Gasteiger partial charge in [0.1, 0.15) is 19.1 Å². The molecule has 2 atom stereocenters. The lowest BCUT2D eigenvalue weighted by molar-refractivity contribution is -0.0979. The Morgan fingerprint density at radius 1 is 1.03 bits per heavy atom. The molecular formula is C33H44N2O2. The number of unbranched alkanes of at least 4 members (excludes halogenated alkanes) is 1. The van der Waals surface area contributed by atoms with Crippen LogP contribution in [-0.4, -0.2) is 38.4 Å². The van der Waals surface area contributed by atoms with Crippen LogP contribution in [0.1, 0.15) is 75.2 Å². The van der Waals surface area contributed by atoms with Crippen LogP contribution in [0.5, 0.6) is 5.75 Å². The molecule has 0 bridgehead atoms. The molecule has 5 rings (SSSR count). The average molecular weight is 501 g/mol. The third kappa shape index (κ3) is 6.61. The van der Waals surface area contributed by atoms with Gasteiger partial charge in [-0.05, 0) is 62.0 Å². The molecule has 0 fully saturated rings. The number of hydrogen-bond donors (Lipinski definition) is 0. The van der Waals surface area contributed by atoms with Crippen LogP contribution in [0.3, 0.4) is 0 Å². The molecule has 3 aliphatic rings. The number of rotatable bonds is 8. The van der Waals surface area contributed by atoms with Gasteiger partial charge in [0.15, 0.2) is 0 Å². The van der Waals surface area contributed by atoms with Crippen LogP contribution < -0.4 is 9.64 Å². The molecule has 2 aromatic rings. The summed E-state index contributed by atoms with van der Waals surface area (Å²) >= 11 is 0. The molecule has 2 unspecified atom stereocenters. The molecule has 0 aromatic heterocycles. The van der Waals surface area contributed by atoms with Crippen molar-refractivity contribution in [3.8, 4) is 5.75 Å². The first-order chi connectivity index (χ1) is 18.3. The summed E-state index contributed by atoms with van der Waals surface area (Å²) in [6, 6.07) is 16.5. The number of ether oxygens (including phenoxy) is 1. The molecule has 0 saturated heterocycles. The highest BCUT2D eigenvalue weighted by Gasteiger charge is 2.39. The highest BCUT2D eigenvalue weighted by molar-refractivity contribution is 5.68. The molecule has 2 heterocycles. The van der Waals surface area contributed by atoms with E-state index in [4.69, 9.17) is 9.53 Å². The van der Waals surface area contributed by atoms with Gasteiger partial charge >= 0.3 is 0 Å². The number of benzene rings is 2. The molecule has 4 nitrogen and oxygen atoms in total. The Morgan fingerprint density at radius 3 is 2.62 bits per heavy atom. The predicted octanol–water partition coefficient (Wildman–Crippen LogP) is 7.63. The van der Waals surface area contributed by atoms with E-state index in [0.29, 0.717) is 18.7 Å². The first-order valence-electron chi connectivity index (χ1n) is 13.9. The number of carbonyl (C=O) groups is 1. The molecule has 0 radical (unpaired) electrons. The minimum absolute atomic E-state index is 0.342. The van der Waals surface area contributed by atoms with Gasteiger partial charge in [-0.25, -0.2) is 0 Å². The van der Waals surface area contributed by atoms with Crippen molar-refractivity contribution in [2.24, 2.45) is 0 Å². The van der Waals surface area contributed by atoms with E-state index in [9.17, 15) is 0 Å². The first-order valence-corrected chi connectivity index (χ1v) is 13.9. The largest absolute Gasteiger partial charge is 0.489 e. The van der Waals surface area contributed by atoms with E-state index >= 15 is 0 Å². The zero-order valence-electron chi connectivity index (χ0n) is 23.2. The fourth-order valence-electron chi connectivity index (χ4n) is 5.62. The van der Waals surface area contributed by atoms with Crippen LogP contribution in [0, 0.1) is 0 Å². The van der Waals surface area contributed by atoms with E-state index in [1.165, 1.54) is 40.8 Å². The van der Waals surface area contributed by atoms with Crippen LogP contribution in [0.4, 0.5) is 5.69 Å². The summed E-state index contributed by atoms with van der Waals surface area (Å²) in [6.45, 7) is 11.2. The molecule has 0 saturated carbocycles. The van der Waals surface area contributed by atoms with Gasteiger partial charge < -0.3 is 14.4 Å². The van der Waals surface area contributed by atoms with Crippen molar-refractivity contribution < 1.29 is 9.53 Å². The summed E-state index contributed by atoms with van der Waals surface area (Å²) in [4.78, 5) is 13.2. The highest BCUT2D eigenvalue weighted by atomic mass is 16.5. The van der Waals surface area contributed by atoms with Crippen molar-refractivity contribution in [1.82, 2.24) is 4.90 Å². The molecule has 0 amide bonds. The van der Waals surface area contributed by atoms with Crippen molar-refractivity contribution in [3.63, 3.8) is 0 Å². The van der Waals surface area contributed by atoms with Crippen molar-refractivity contribution >= 4 is 12.5 Å². The number of allylic oxidation sites excluding steroid dienone is 5. The van der Waals surface area contributed by atoms with Gasteiger partial charge in [-0.15, -0.1) is 0 Å². The van der Waals surface area contributed by atoms with Crippen molar-refractivity contribution in [1.29, 1.82) is 0 Å². The molecule has 2 aliphatic heterocycles. The Morgan fingerprint density at radius 2 is 1.81 bits per heavy atom. The quantitative estimate of drug-likeness (QED) is 0.373. The Kier molecular flexibility index (Phi) is 11.2. The monoisotopic (exact) mass is 500 g/mol. The maximum atomic E-state index is 8.00. The van der Waals surface area contributed by atoms with Gasteiger partial charge in [-0.1, -0.05) is 94.0 Å². The third-order valence-corrected chi connectivity index (χ3v) is 7.40. The van der Waals surface area contributed by atoms with E-state index in [-0.39, 0.29) is 0 Å². The highest BCUT2D eigenvalue weighted by Crippen LogP contribution is 2.51. The van der Waals surface area contributed by atoms with Crippen LogP contribution in [0.2, 0.25) is 0 Å². The van der Waals surface area contributed by atoms with E-state index in [1.54, 1.807) is 0 Å². The zero-order chi connectivity index (χ0) is 26.6. The van der Waals surface area contributed by atoms with Gasteiger partial charge in [0.2, 0.25) is 0 Å². The fourth-order valence-corrected chi connectivity index (χ4v) is 5.62. The van der Waals surface area contributed by atoms with Crippen LogP contribution in [-0.2, 0) is 11.2 Å². The van der Waals surface area contributed by atoms with Gasteiger partial charge in [0.05, 0.1) is 6.04 Å². The summed E-state index contributed by atoms with van der Waals surface area (Å²) in [5, 5.41) is 0. The number of anilines is 1. The topological polar surface area (TPSA) is 32.8 Å². The second kappa shape index (κ2) is 14.6. The van der Waals surface area contributed by atoms with Crippen molar-refractivity contribution in [2.75, 3.05) is 31.6 Å². The van der Waals surface area contributed by atoms with E-state index in [0.717, 1.165) is 38.1 Å². The second-order valence-corrected chi connectivity index (χ2v) is 9.57. The van der Waals surface area contributed by atoms with Crippen LogP contribution in [0.15, 0.2) is 78.4 Å². The van der Waals surface area contributed by atoms with Gasteiger partial charge in [-0.3, -0.25) is 4.90 Å². The number of hydrogen-bond acceptors (Lipinski definition) is 4. The summed E-state index contributed by atoms with van der Waals surface area (Å²) in [5.41, 5.74) is 7.14. The van der Waals surface area contributed by atoms with Crippen molar-refractivity contribution in [3.05, 3.63) is 95.1 Å².